The van der Waals surface area contributed by atoms with Crippen molar-refractivity contribution in [1.29, 1.82) is 0 Å². The predicted octanol–water partition coefficient (Wildman–Crippen LogP) is 2.94. The number of rotatable bonds is 9. The number of hydrogen-bond donors (Lipinski definition) is 0. The van der Waals surface area contributed by atoms with Crippen molar-refractivity contribution in [1.82, 2.24) is 34.6 Å². The van der Waals surface area contributed by atoms with E-state index in [4.69, 9.17) is 4.74 Å². The molecule has 0 N–H and O–H groups in total. The van der Waals surface area contributed by atoms with Crippen molar-refractivity contribution in [3.8, 4) is 17.1 Å². The number of carbonyl (C=O) groups excluding carboxylic acids is 3. The van der Waals surface area contributed by atoms with Gasteiger partial charge in [-0.2, -0.15) is 10.1 Å². The molecule has 3 aromatic heterocycles. The Labute approximate surface area is 229 Å². The lowest BCUT2D eigenvalue weighted by molar-refractivity contribution is -0.138. The zero-order valence-electron chi connectivity index (χ0n) is 22.4. The van der Waals surface area contributed by atoms with Gasteiger partial charge in [-0.3, -0.25) is 19.1 Å². The Morgan fingerprint density at radius 1 is 1.10 bits per heavy atom. The highest BCUT2D eigenvalue weighted by Gasteiger charge is 2.39. The van der Waals surface area contributed by atoms with E-state index >= 15 is 0 Å². The van der Waals surface area contributed by atoms with Crippen LogP contribution in [0.5, 0.6) is 6.01 Å². The molecular formula is C28H28FN7O4. The first-order valence-corrected chi connectivity index (χ1v) is 12.9. The normalized spacial score (nSPS) is 16.9. The predicted molar refractivity (Wildman–Crippen MR) is 142 cm³/mol. The van der Waals surface area contributed by atoms with Crippen LogP contribution >= 0.6 is 0 Å². The standard InChI is InChI=1S/C28H28FN7O4/c1-4-40-28-30-8-7-21(33-28)11-25(38)24-10-20(29)14-35(24)26(39)15-36-23-6-5-18(19-12-31-17(3)32-13-19)9-22(23)27(34-36)16(2)37/h5-9,12-13,20,24H,4,10-11,14-15H2,1-3H3/t20-,24+/m1/s1. The van der Waals surface area contributed by atoms with Gasteiger partial charge in [0.25, 0.3) is 0 Å². The van der Waals surface area contributed by atoms with Crippen molar-refractivity contribution < 1.29 is 23.5 Å². The summed E-state index contributed by atoms with van der Waals surface area (Å²) in [6, 6.07) is 6.22. The lowest BCUT2D eigenvalue weighted by Crippen LogP contribution is -2.43. The van der Waals surface area contributed by atoms with Crippen LogP contribution in [0.3, 0.4) is 0 Å². The zero-order chi connectivity index (χ0) is 28.4. The second kappa shape index (κ2) is 11.2. The molecule has 4 heterocycles. The molecule has 1 fully saturated rings. The van der Waals surface area contributed by atoms with Crippen molar-refractivity contribution in [2.45, 2.75) is 52.4 Å². The highest BCUT2D eigenvalue weighted by Crippen LogP contribution is 2.28. The number of likely N-dealkylation sites (tertiary alicyclic amines) is 1. The third-order valence-electron chi connectivity index (χ3n) is 6.75. The number of fused-ring (bicyclic) bond motifs is 1. The fraction of sp³-hybridized carbons (Fsp3) is 0.357. The third-order valence-corrected chi connectivity index (χ3v) is 6.75. The van der Waals surface area contributed by atoms with Gasteiger partial charge >= 0.3 is 6.01 Å². The van der Waals surface area contributed by atoms with Crippen LogP contribution in [0.25, 0.3) is 22.0 Å². The van der Waals surface area contributed by atoms with Crippen LogP contribution in [0, 0.1) is 6.92 Å². The molecule has 4 aromatic rings. The number of ether oxygens (including phenoxy) is 1. The van der Waals surface area contributed by atoms with Crippen LogP contribution in [0.2, 0.25) is 0 Å². The van der Waals surface area contributed by atoms with Gasteiger partial charge in [0, 0.05) is 42.9 Å². The summed E-state index contributed by atoms with van der Waals surface area (Å²) in [6.45, 7) is 4.92. The largest absolute Gasteiger partial charge is 0.464 e. The van der Waals surface area contributed by atoms with Crippen molar-refractivity contribution in [2.75, 3.05) is 13.2 Å². The average Bonchev–Trinajstić information content (AvgIpc) is 3.50. The summed E-state index contributed by atoms with van der Waals surface area (Å²) >= 11 is 0. The highest BCUT2D eigenvalue weighted by atomic mass is 19.1. The van der Waals surface area contributed by atoms with Crippen molar-refractivity contribution in [3.63, 3.8) is 0 Å². The maximum atomic E-state index is 14.5. The van der Waals surface area contributed by atoms with E-state index in [2.05, 4.69) is 25.0 Å². The van der Waals surface area contributed by atoms with E-state index in [1.807, 2.05) is 12.1 Å². The van der Waals surface area contributed by atoms with E-state index < -0.39 is 18.1 Å². The van der Waals surface area contributed by atoms with Crippen LogP contribution in [-0.4, -0.2) is 77.5 Å². The molecule has 12 heteroatoms. The molecule has 206 valence electrons. The molecule has 0 bridgehead atoms. The second-order valence-corrected chi connectivity index (χ2v) is 9.61. The van der Waals surface area contributed by atoms with E-state index in [9.17, 15) is 18.8 Å². The van der Waals surface area contributed by atoms with Crippen LogP contribution in [0.15, 0.2) is 42.9 Å². The summed E-state index contributed by atoms with van der Waals surface area (Å²) in [6.07, 6.45) is 3.37. The van der Waals surface area contributed by atoms with E-state index in [-0.39, 0.29) is 49.2 Å². The molecule has 1 saturated heterocycles. The second-order valence-electron chi connectivity index (χ2n) is 9.61. The maximum absolute atomic E-state index is 14.5. The molecule has 1 aliphatic heterocycles. The summed E-state index contributed by atoms with van der Waals surface area (Å²) in [5, 5.41) is 4.99. The number of aromatic nitrogens is 6. The Morgan fingerprint density at radius 2 is 1.88 bits per heavy atom. The molecule has 1 amide bonds. The number of benzene rings is 1. The molecule has 40 heavy (non-hydrogen) atoms. The first-order valence-electron chi connectivity index (χ1n) is 12.9. The number of carbonyl (C=O) groups is 3. The molecule has 1 aliphatic rings. The van der Waals surface area contributed by atoms with E-state index in [1.54, 1.807) is 38.4 Å². The lowest BCUT2D eigenvalue weighted by Gasteiger charge is -2.23. The Bertz CT molecular complexity index is 1590. The minimum absolute atomic E-state index is 0.0888. The first kappa shape index (κ1) is 27.0. The van der Waals surface area contributed by atoms with Gasteiger partial charge in [0.2, 0.25) is 5.91 Å². The van der Waals surface area contributed by atoms with Gasteiger partial charge in [-0.05, 0) is 37.6 Å². The SMILES string of the molecule is CCOc1nccc(CC(=O)[C@@H]2C[C@@H](F)CN2C(=O)Cn2nc(C(C)=O)c3cc(-c4cnc(C)nc4)ccc32)n1. The molecule has 0 radical (unpaired) electrons. The molecule has 0 saturated carbocycles. The zero-order valence-corrected chi connectivity index (χ0v) is 22.4. The van der Waals surface area contributed by atoms with Crippen molar-refractivity contribution in [3.05, 3.63) is 60.1 Å². The third kappa shape index (κ3) is 5.56. The fourth-order valence-corrected chi connectivity index (χ4v) is 4.84. The minimum atomic E-state index is -1.33. The van der Waals surface area contributed by atoms with Crippen molar-refractivity contribution >= 4 is 28.4 Å². The van der Waals surface area contributed by atoms with Crippen molar-refractivity contribution in [2.24, 2.45) is 0 Å². The van der Waals surface area contributed by atoms with Crippen LogP contribution in [0.1, 0.15) is 42.3 Å². The Morgan fingerprint density at radius 3 is 2.60 bits per heavy atom. The monoisotopic (exact) mass is 545 g/mol. The molecular weight excluding hydrogens is 517 g/mol. The number of nitrogens with zero attached hydrogens (tertiary/aromatic N) is 7. The van der Waals surface area contributed by atoms with Crippen LogP contribution in [0.4, 0.5) is 4.39 Å². The van der Waals surface area contributed by atoms with Gasteiger partial charge in [-0.1, -0.05) is 6.07 Å². The average molecular weight is 546 g/mol. The molecule has 5 rings (SSSR count). The number of halogens is 1. The van der Waals surface area contributed by atoms with Crippen LogP contribution in [-0.2, 0) is 22.6 Å². The van der Waals surface area contributed by atoms with Gasteiger partial charge in [0.05, 0.1) is 36.8 Å². The van der Waals surface area contributed by atoms with Gasteiger partial charge < -0.3 is 9.64 Å². The molecule has 0 spiro atoms. The van der Waals surface area contributed by atoms with Gasteiger partial charge in [-0.15, -0.1) is 0 Å². The number of aryl methyl sites for hydroxylation is 1. The molecule has 2 atom stereocenters. The topological polar surface area (TPSA) is 133 Å². The molecule has 0 aliphatic carbocycles. The number of alkyl halides is 1. The lowest BCUT2D eigenvalue weighted by atomic mass is 10.0. The molecule has 11 nitrogen and oxygen atoms in total. The summed E-state index contributed by atoms with van der Waals surface area (Å²) in [7, 11) is 0. The van der Waals surface area contributed by atoms with E-state index in [0.717, 1.165) is 11.1 Å². The van der Waals surface area contributed by atoms with E-state index in [0.29, 0.717) is 29.0 Å². The minimum Gasteiger partial charge on any atom is -0.464 e. The van der Waals surface area contributed by atoms with Gasteiger partial charge in [-0.25, -0.2) is 19.3 Å². The fourth-order valence-electron chi connectivity index (χ4n) is 4.84. The number of Topliss-reactive ketones (excluding diaryl/α,β-unsaturated/α-hetero) is 2. The summed E-state index contributed by atoms with van der Waals surface area (Å²) in [5.74, 6) is -0.411. The van der Waals surface area contributed by atoms with E-state index in [1.165, 1.54) is 22.7 Å². The number of hydrogen-bond acceptors (Lipinski definition) is 9. The smallest absolute Gasteiger partial charge is 0.316 e. The molecule has 1 aromatic carbocycles. The number of amides is 1. The summed E-state index contributed by atoms with van der Waals surface area (Å²) < 4.78 is 21.2. The Balaban J connectivity index is 1.38. The van der Waals surface area contributed by atoms with Gasteiger partial charge in [0.1, 0.15) is 24.2 Å². The maximum Gasteiger partial charge on any atom is 0.316 e. The molecule has 0 unspecified atom stereocenters. The van der Waals surface area contributed by atoms with Gasteiger partial charge in [0.15, 0.2) is 11.6 Å². The quantitative estimate of drug-likeness (QED) is 0.291. The highest BCUT2D eigenvalue weighted by molar-refractivity contribution is 6.06. The first-order chi connectivity index (χ1) is 19.2. The Kier molecular flexibility index (Phi) is 7.58. The Hall–Kier alpha value is -4.61. The number of ketones is 2. The van der Waals surface area contributed by atoms with Crippen LogP contribution < -0.4 is 4.74 Å². The summed E-state index contributed by atoms with van der Waals surface area (Å²) in [4.78, 5) is 56.9. The summed E-state index contributed by atoms with van der Waals surface area (Å²) in [5.41, 5.74) is 2.78.